The monoisotopic (exact) mass is 329 g/mol. The van der Waals surface area contributed by atoms with Crippen LogP contribution in [0, 0.1) is 6.92 Å². The van der Waals surface area contributed by atoms with Gasteiger partial charge in [-0.1, -0.05) is 42.0 Å². The molecule has 4 rings (SSSR count). The van der Waals surface area contributed by atoms with Gasteiger partial charge in [-0.2, -0.15) is 0 Å². The third-order valence-electron chi connectivity index (χ3n) is 4.52. The second-order valence-corrected chi connectivity index (χ2v) is 6.29. The number of nitrogens with zero attached hydrogens (tertiary/aromatic N) is 2. The molecular weight excluding hydrogens is 310 g/mol. The van der Waals surface area contributed by atoms with Crippen molar-refractivity contribution in [1.29, 1.82) is 0 Å². The smallest absolute Gasteiger partial charge is 0.258 e. The van der Waals surface area contributed by atoms with Crippen LogP contribution in [0.2, 0.25) is 0 Å². The van der Waals surface area contributed by atoms with Crippen LogP contribution in [0.5, 0.6) is 0 Å². The molecule has 4 nitrogen and oxygen atoms in total. The molecule has 0 aliphatic carbocycles. The van der Waals surface area contributed by atoms with Crippen molar-refractivity contribution in [3.05, 3.63) is 95.3 Å². The Morgan fingerprint density at radius 2 is 1.72 bits per heavy atom. The first kappa shape index (κ1) is 15.4. The Kier molecular flexibility index (Phi) is 3.94. The average molecular weight is 329 g/mol. The zero-order valence-corrected chi connectivity index (χ0v) is 14.0. The van der Waals surface area contributed by atoms with Crippen molar-refractivity contribution in [2.75, 3.05) is 5.32 Å². The van der Waals surface area contributed by atoms with E-state index in [-0.39, 0.29) is 12.1 Å². The highest BCUT2D eigenvalue weighted by Gasteiger charge is 2.32. The molecule has 2 heterocycles. The molecule has 3 aromatic rings. The molecule has 1 N–H and O–H groups in total. The molecular formula is C21H19N3O. The van der Waals surface area contributed by atoms with Crippen LogP contribution in [0.1, 0.15) is 33.2 Å². The first-order valence-electron chi connectivity index (χ1n) is 8.34. The maximum atomic E-state index is 13.1. The van der Waals surface area contributed by atoms with Gasteiger partial charge in [0.25, 0.3) is 5.91 Å². The zero-order chi connectivity index (χ0) is 17.2. The fourth-order valence-electron chi connectivity index (χ4n) is 3.15. The quantitative estimate of drug-likeness (QED) is 0.785. The van der Waals surface area contributed by atoms with Crippen LogP contribution in [0.15, 0.2) is 73.1 Å². The Hall–Kier alpha value is -3.14. The summed E-state index contributed by atoms with van der Waals surface area (Å²) in [6.07, 6.45) is 3.30. The fraction of sp³-hybridized carbons (Fsp3) is 0.143. The van der Waals surface area contributed by atoms with Gasteiger partial charge >= 0.3 is 0 Å². The topological polar surface area (TPSA) is 45.2 Å². The molecule has 0 bridgehead atoms. The number of aromatic nitrogens is 1. The second kappa shape index (κ2) is 6.40. The van der Waals surface area contributed by atoms with Crippen LogP contribution < -0.4 is 5.32 Å². The lowest BCUT2D eigenvalue weighted by Gasteiger charge is -2.38. The number of carbonyl (C=O) groups excluding carboxylic acids is 1. The van der Waals surface area contributed by atoms with Crippen LogP contribution in [-0.4, -0.2) is 15.8 Å². The molecule has 124 valence electrons. The van der Waals surface area contributed by atoms with Gasteiger partial charge in [-0.05, 0) is 42.3 Å². The summed E-state index contributed by atoms with van der Waals surface area (Å²) in [4.78, 5) is 19.1. The van der Waals surface area contributed by atoms with E-state index in [2.05, 4.69) is 41.5 Å². The summed E-state index contributed by atoms with van der Waals surface area (Å²) in [7, 11) is 0. The molecule has 0 spiro atoms. The number of hydrogen-bond donors (Lipinski definition) is 1. The van der Waals surface area contributed by atoms with E-state index in [0.717, 1.165) is 16.8 Å². The number of aryl methyl sites for hydroxylation is 1. The van der Waals surface area contributed by atoms with Gasteiger partial charge in [0.15, 0.2) is 0 Å². The van der Waals surface area contributed by atoms with E-state index in [1.807, 2.05) is 41.3 Å². The first-order chi connectivity index (χ1) is 12.2. The van der Waals surface area contributed by atoms with Crippen molar-refractivity contribution < 1.29 is 4.79 Å². The number of benzene rings is 2. The SMILES string of the molecule is Cc1ccc(CN2C(=O)c3ccccc3N[C@@H]2c2ccncc2)cc1. The van der Waals surface area contributed by atoms with Crippen LogP contribution in [0.3, 0.4) is 0 Å². The van der Waals surface area contributed by atoms with Crippen molar-refractivity contribution in [3.8, 4) is 0 Å². The minimum atomic E-state index is -0.216. The van der Waals surface area contributed by atoms with E-state index in [1.165, 1.54) is 5.56 Å². The lowest BCUT2D eigenvalue weighted by molar-refractivity contribution is 0.0666. The van der Waals surface area contributed by atoms with Gasteiger partial charge in [0, 0.05) is 24.6 Å². The summed E-state index contributed by atoms with van der Waals surface area (Å²) in [6, 6.07) is 19.9. The van der Waals surface area contributed by atoms with Crippen molar-refractivity contribution in [3.63, 3.8) is 0 Å². The summed E-state index contributed by atoms with van der Waals surface area (Å²) < 4.78 is 0. The molecule has 2 aromatic carbocycles. The number of amides is 1. The van der Waals surface area contributed by atoms with Gasteiger partial charge < -0.3 is 10.2 Å². The Morgan fingerprint density at radius 3 is 2.48 bits per heavy atom. The molecule has 0 radical (unpaired) electrons. The average Bonchev–Trinajstić information content (AvgIpc) is 2.66. The van der Waals surface area contributed by atoms with Crippen molar-refractivity contribution in [2.45, 2.75) is 19.6 Å². The van der Waals surface area contributed by atoms with Gasteiger partial charge in [0.05, 0.1) is 5.56 Å². The summed E-state index contributed by atoms with van der Waals surface area (Å²) >= 11 is 0. The number of carbonyl (C=O) groups is 1. The summed E-state index contributed by atoms with van der Waals surface area (Å²) in [5.41, 5.74) is 4.92. The number of hydrogen-bond acceptors (Lipinski definition) is 3. The standard InChI is InChI=1S/C21H19N3O/c1-15-6-8-16(9-7-15)14-24-20(17-10-12-22-13-11-17)23-19-5-3-2-4-18(19)21(24)25/h2-13,20,23H,14H2,1H3/t20-/m0/s1. The molecule has 1 aromatic heterocycles. The molecule has 25 heavy (non-hydrogen) atoms. The van der Waals surface area contributed by atoms with Gasteiger partial charge in [-0.25, -0.2) is 0 Å². The van der Waals surface area contributed by atoms with Gasteiger partial charge in [-0.3, -0.25) is 9.78 Å². The molecule has 1 aliphatic rings. The molecule has 4 heteroatoms. The van der Waals surface area contributed by atoms with Crippen LogP contribution in [-0.2, 0) is 6.54 Å². The molecule has 0 saturated carbocycles. The fourth-order valence-corrected chi connectivity index (χ4v) is 3.15. The van der Waals surface area contributed by atoms with Gasteiger partial charge in [-0.15, -0.1) is 0 Å². The normalized spacial score (nSPS) is 16.3. The third kappa shape index (κ3) is 2.98. The maximum Gasteiger partial charge on any atom is 0.258 e. The van der Waals surface area contributed by atoms with E-state index in [9.17, 15) is 4.79 Å². The Labute approximate surface area is 147 Å². The van der Waals surface area contributed by atoms with E-state index in [1.54, 1.807) is 12.4 Å². The predicted molar refractivity (Wildman–Crippen MR) is 98.1 cm³/mol. The second-order valence-electron chi connectivity index (χ2n) is 6.29. The number of anilines is 1. The lowest BCUT2D eigenvalue weighted by atomic mass is 10.0. The molecule has 1 amide bonds. The van der Waals surface area contributed by atoms with E-state index < -0.39 is 0 Å². The first-order valence-corrected chi connectivity index (χ1v) is 8.34. The number of pyridine rings is 1. The molecule has 0 unspecified atom stereocenters. The summed E-state index contributed by atoms with van der Waals surface area (Å²) in [5.74, 6) is 0.0386. The number of rotatable bonds is 3. The minimum absolute atomic E-state index is 0.0386. The molecule has 1 aliphatic heterocycles. The number of nitrogens with one attached hydrogen (secondary N) is 1. The third-order valence-corrected chi connectivity index (χ3v) is 4.52. The highest BCUT2D eigenvalue weighted by atomic mass is 16.2. The van der Waals surface area contributed by atoms with Gasteiger partial charge in [0.2, 0.25) is 0 Å². The zero-order valence-electron chi connectivity index (χ0n) is 14.0. The molecule has 1 atom stereocenters. The number of fused-ring (bicyclic) bond motifs is 1. The van der Waals surface area contributed by atoms with E-state index in [4.69, 9.17) is 0 Å². The van der Waals surface area contributed by atoms with Crippen LogP contribution in [0.25, 0.3) is 0 Å². The van der Waals surface area contributed by atoms with Gasteiger partial charge in [0.1, 0.15) is 6.17 Å². The Balaban J connectivity index is 1.74. The minimum Gasteiger partial charge on any atom is -0.361 e. The van der Waals surface area contributed by atoms with Crippen molar-refractivity contribution >= 4 is 11.6 Å². The van der Waals surface area contributed by atoms with Crippen LogP contribution in [0.4, 0.5) is 5.69 Å². The maximum absolute atomic E-state index is 13.1. The summed E-state index contributed by atoms with van der Waals surface area (Å²) in [5, 5.41) is 3.50. The highest BCUT2D eigenvalue weighted by Crippen LogP contribution is 2.33. The predicted octanol–water partition coefficient (Wildman–Crippen LogP) is 4.16. The number of para-hydroxylation sites is 1. The Morgan fingerprint density at radius 1 is 1.00 bits per heavy atom. The molecule has 0 fully saturated rings. The highest BCUT2D eigenvalue weighted by molar-refractivity contribution is 6.01. The largest absolute Gasteiger partial charge is 0.361 e. The summed E-state index contributed by atoms with van der Waals surface area (Å²) in [6.45, 7) is 2.61. The van der Waals surface area contributed by atoms with E-state index in [0.29, 0.717) is 12.1 Å². The van der Waals surface area contributed by atoms with Crippen molar-refractivity contribution in [2.24, 2.45) is 0 Å². The Bertz CT molecular complexity index is 891. The van der Waals surface area contributed by atoms with Crippen molar-refractivity contribution in [1.82, 2.24) is 9.88 Å². The molecule has 0 saturated heterocycles. The lowest BCUT2D eigenvalue weighted by Crippen LogP contribution is -2.42. The van der Waals surface area contributed by atoms with Crippen LogP contribution >= 0.6 is 0 Å². The van der Waals surface area contributed by atoms with E-state index >= 15 is 0 Å².